The van der Waals surface area contributed by atoms with E-state index in [-0.39, 0.29) is 0 Å². The number of allylic oxidation sites excluding steroid dienone is 5. The van der Waals surface area contributed by atoms with Crippen LogP contribution in [-0.2, 0) is 7.05 Å². The van der Waals surface area contributed by atoms with Crippen LogP contribution in [0.1, 0.15) is 12.5 Å². The van der Waals surface area contributed by atoms with Gasteiger partial charge in [-0.15, -0.1) is 5.73 Å². The van der Waals surface area contributed by atoms with Crippen molar-refractivity contribution in [2.75, 3.05) is 0 Å². The minimum absolute atomic E-state index is 1.12. The fourth-order valence-electron chi connectivity index (χ4n) is 1.33. The largest absolute Gasteiger partial charge is 0.275 e. The number of nitrogens with zero attached hydrogens (tertiary/aromatic N) is 2. The molecule has 1 aromatic rings. The monoisotopic (exact) mass is 184 g/mol. The molecule has 0 spiro atoms. The van der Waals surface area contributed by atoms with Crippen LogP contribution in [0.5, 0.6) is 0 Å². The van der Waals surface area contributed by atoms with Gasteiger partial charge in [0.05, 0.1) is 6.20 Å². The van der Waals surface area contributed by atoms with E-state index in [1.807, 2.05) is 31.6 Å². The fourth-order valence-corrected chi connectivity index (χ4v) is 1.33. The fraction of sp³-hybridized carbons (Fsp3) is 0.167. The van der Waals surface area contributed by atoms with Crippen LogP contribution < -0.4 is 0 Å². The average Bonchev–Trinajstić information content (AvgIpc) is 2.46. The zero-order valence-corrected chi connectivity index (χ0v) is 8.36. The van der Waals surface area contributed by atoms with Crippen molar-refractivity contribution < 1.29 is 0 Å². The molecule has 1 aliphatic carbocycles. The summed E-state index contributed by atoms with van der Waals surface area (Å²) in [6, 6.07) is 0. The Balaban J connectivity index is 2.42. The maximum atomic E-state index is 4.14. The van der Waals surface area contributed by atoms with E-state index in [2.05, 4.69) is 29.9 Å². The molecule has 70 valence electrons. The Labute approximate surface area is 83.6 Å². The Morgan fingerprint density at radius 3 is 2.86 bits per heavy atom. The zero-order chi connectivity index (χ0) is 9.97. The summed E-state index contributed by atoms with van der Waals surface area (Å²) in [5.41, 5.74) is 6.61. The maximum Gasteiger partial charge on any atom is 0.0568 e. The van der Waals surface area contributed by atoms with Crippen molar-refractivity contribution in [3.8, 4) is 0 Å². The van der Waals surface area contributed by atoms with E-state index in [0.29, 0.717) is 0 Å². The summed E-state index contributed by atoms with van der Waals surface area (Å²) in [5, 5.41) is 4.14. The van der Waals surface area contributed by atoms with E-state index >= 15 is 0 Å². The van der Waals surface area contributed by atoms with Crippen molar-refractivity contribution in [1.82, 2.24) is 9.78 Å². The van der Waals surface area contributed by atoms with Crippen LogP contribution in [0.4, 0.5) is 0 Å². The van der Waals surface area contributed by atoms with Crippen LogP contribution >= 0.6 is 0 Å². The highest BCUT2D eigenvalue weighted by Gasteiger charge is 2.00. The van der Waals surface area contributed by atoms with Gasteiger partial charge in [0.25, 0.3) is 0 Å². The lowest BCUT2D eigenvalue weighted by Crippen LogP contribution is -1.84. The highest BCUT2D eigenvalue weighted by atomic mass is 15.2. The van der Waals surface area contributed by atoms with Gasteiger partial charge in [-0.2, -0.15) is 5.10 Å². The molecule has 1 aromatic heterocycles. The van der Waals surface area contributed by atoms with Gasteiger partial charge >= 0.3 is 0 Å². The van der Waals surface area contributed by atoms with Crippen LogP contribution in [0, 0.1) is 0 Å². The van der Waals surface area contributed by atoms with Gasteiger partial charge in [-0.1, -0.05) is 12.2 Å². The maximum absolute atomic E-state index is 4.14. The van der Waals surface area contributed by atoms with Gasteiger partial charge in [0, 0.05) is 18.8 Å². The minimum atomic E-state index is 1.12. The summed E-state index contributed by atoms with van der Waals surface area (Å²) >= 11 is 0. The number of hydrogen-bond acceptors (Lipinski definition) is 1. The Kier molecular flexibility index (Phi) is 2.21. The molecular weight excluding hydrogens is 172 g/mol. The molecule has 0 saturated carbocycles. The Morgan fingerprint density at radius 2 is 2.14 bits per heavy atom. The highest BCUT2D eigenvalue weighted by Crippen LogP contribution is 2.16. The van der Waals surface area contributed by atoms with Crippen molar-refractivity contribution >= 4 is 5.57 Å². The first kappa shape index (κ1) is 8.79. The van der Waals surface area contributed by atoms with Gasteiger partial charge in [-0.3, -0.25) is 4.68 Å². The lowest BCUT2D eigenvalue weighted by Gasteiger charge is -1.92. The lowest BCUT2D eigenvalue weighted by molar-refractivity contribution is 0.767. The summed E-state index contributed by atoms with van der Waals surface area (Å²) in [6.07, 6.45) is 12.0. The van der Waals surface area contributed by atoms with Crippen LogP contribution in [0.25, 0.3) is 5.57 Å². The summed E-state index contributed by atoms with van der Waals surface area (Å²) in [6.45, 7) is 2.06. The molecule has 0 saturated heterocycles. The molecule has 0 fully saturated rings. The summed E-state index contributed by atoms with van der Waals surface area (Å²) < 4.78 is 1.80. The predicted molar refractivity (Wildman–Crippen MR) is 57.6 cm³/mol. The van der Waals surface area contributed by atoms with Crippen LogP contribution in [0.15, 0.2) is 48.0 Å². The van der Waals surface area contributed by atoms with Gasteiger partial charge in [-0.05, 0) is 30.2 Å². The van der Waals surface area contributed by atoms with Crippen molar-refractivity contribution in [3.63, 3.8) is 0 Å². The van der Waals surface area contributed by atoms with Crippen molar-refractivity contribution in [3.05, 3.63) is 53.6 Å². The molecule has 0 bridgehead atoms. The number of rotatable bonds is 1. The van der Waals surface area contributed by atoms with E-state index in [4.69, 9.17) is 0 Å². The Morgan fingerprint density at radius 1 is 1.29 bits per heavy atom. The van der Waals surface area contributed by atoms with E-state index in [1.165, 1.54) is 5.57 Å². The van der Waals surface area contributed by atoms with Gasteiger partial charge in [0.15, 0.2) is 0 Å². The smallest absolute Gasteiger partial charge is 0.0568 e. The van der Waals surface area contributed by atoms with Gasteiger partial charge in [0.1, 0.15) is 0 Å². The third-order valence-electron chi connectivity index (χ3n) is 2.11. The molecule has 0 radical (unpaired) electrons. The van der Waals surface area contributed by atoms with Crippen LogP contribution in [0.3, 0.4) is 0 Å². The predicted octanol–water partition coefficient (Wildman–Crippen LogP) is 2.47. The second-order valence-corrected chi connectivity index (χ2v) is 3.39. The lowest BCUT2D eigenvalue weighted by atomic mass is 10.1. The first-order valence-corrected chi connectivity index (χ1v) is 4.56. The molecule has 0 unspecified atom stereocenters. The van der Waals surface area contributed by atoms with Crippen LogP contribution in [-0.4, -0.2) is 9.78 Å². The highest BCUT2D eigenvalue weighted by molar-refractivity contribution is 5.75. The molecule has 14 heavy (non-hydrogen) atoms. The standard InChI is InChI=1S/C12H12N2/c1-10-4-3-5-11(7-6-10)12-8-13-14(2)9-12/h4-9H,1-2H3. The molecule has 1 heterocycles. The van der Waals surface area contributed by atoms with Gasteiger partial charge < -0.3 is 0 Å². The summed E-state index contributed by atoms with van der Waals surface area (Å²) in [5.74, 6) is 0. The molecule has 2 rings (SSSR count). The molecule has 0 atom stereocenters. The SMILES string of the molecule is CC1=CC=C(c2cnn(C)c2)C=C=C1. The average molecular weight is 184 g/mol. The van der Waals surface area contributed by atoms with Crippen molar-refractivity contribution in [2.24, 2.45) is 7.05 Å². The molecule has 0 aliphatic heterocycles. The molecule has 0 N–H and O–H groups in total. The molecule has 0 amide bonds. The Hall–Kier alpha value is -1.79. The van der Waals surface area contributed by atoms with Gasteiger partial charge in [0.2, 0.25) is 0 Å². The number of aromatic nitrogens is 2. The van der Waals surface area contributed by atoms with E-state index in [9.17, 15) is 0 Å². The first-order chi connectivity index (χ1) is 6.75. The zero-order valence-electron chi connectivity index (χ0n) is 8.36. The quantitative estimate of drug-likeness (QED) is 0.613. The molecule has 0 aromatic carbocycles. The third kappa shape index (κ3) is 1.76. The molecule has 2 heteroatoms. The van der Waals surface area contributed by atoms with E-state index < -0.39 is 0 Å². The molecular formula is C12H12N2. The van der Waals surface area contributed by atoms with Crippen molar-refractivity contribution in [1.29, 1.82) is 0 Å². The topological polar surface area (TPSA) is 17.8 Å². The molecule has 2 nitrogen and oxygen atoms in total. The minimum Gasteiger partial charge on any atom is -0.275 e. The van der Waals surface area contributed by atoms with Crippen molar-refractivity contribution in [2.45, 2.75) is 6.92 Å². The van der Waals surface area contributed by atoms with E-state index in [1.54, 1.807) is 4.68 Å². The third-order valence-corrected chi connectivity index (χ3v) is 2.11. The second-order valence-electron chi connectivity index (χ2n) is 3.39. The number of aryl methyl sites for hydroxylation is 1. The Bertz CT molecular complexity index is 466. The van der Waals surface area contributed by atoms with Crippen LogP contribution in [0.2, 0.25) is 0 Å². The first-order valence-electron chi connectivity index (χ1n) is 4.56. The summed E-state index contributed by atoms with van der Waals surface area (Å²) in [7, 11) is 1.92. The van der Waals surface area contributed by atoms with E-state index in [0.717, 1.165) is 11.1 Å². The summed E-state index contributed by atoms with van der Waals surface area (Å²) in [4.78, 5) is 0. The normalized spacial score (nSPS) is 15.0. The second kappa shape index (κ2) is 3.52. The number of hydrogen-bond donors (Lipinski definition) is 0. The molecule has 1 aliphatic rings. The van der Waals surface area contributed by atoms with Gasteiger partial charge in [-0.25, -0.2) is 0 Å².